The Kier molecular flexibility index (Phi) is 8.68. The molecular formula is C37H37FN8O2. The molecule has 5 aromatic rings. The molecule has 0 atom stereocenters. The fourth-order valence-electron chi connectivity index (χ4n) is 6.91. The molecule has 0 radical (unpaired) electrons. The normalized spacial score (nSPS) is 16.2. The van der Waals surface area contributed by atoms with Crippen LogP contribution in [0.1, 0.15) is 50.5 Å². The van der Waals surface area contributed by atoms with Crippen LogP contribution in [-0.4, -0.2) is 82.6 Å². The van der Waals surface area contributed by atoms with Gasteiger partial charge in [0.15, 0.2) is 5.69 Å². The Morgan fingerprint density at radius 3 is 2.62 bits per heavy atom. The van der Waals surface area contributed by atoms with Crippen molar-refractivity contribution in [3.8, 4) is 0 Å². The van der Waals surface area contributed by atoms with Crippen molar-refractivity contribution in [1.29, 1.82) is 0 Å². The number of piperidine rings is 1. The Balaban J connectivity index is 0.949. The number of H-pyrrole nitrogens is 1. The number of amides is 2. The standard InChI is InChI=1S/C37H37FN8O2/c1-40-20-29(33(39)24-6-8-25(38)9-7-24)27-10-14-41-31-22-46(37(48)32(27)31)21-23-12-17-45(18-13-23)19-16-43-36(47)35-34-28(11-15-42-35)26-4-2-3-5-30(26)44-34/h2-11,14-15,20,23,44H,12-13,16-19,21-22,39H2,1H3,(H,43,47)/b33-29+,40-20?. The molecule has 244 valence electrons. The molecule has 48 heavy (non-hydrogen) atoms. The number of aromatic amines is 1. The highest BCUT2D eigenvalue weighted by Gasteiger charge is 2.34. The lowest BCUT2D eigenvalue weighted by Crippen LogP contribution is -2.42. The third-order valence-corrected chi connectivity index (χ3v) is 9.41. The number of hydrogen-bond acceptors (Lipinski definition) is 7. The van der Waals surface area contributed by atoms with Crippen molar-refractivity contribution in [2.75, 3.05) is 39.8 Å². The van der Waals surface area contributed by atoms with Gasteiger partial charge in [0.05, 0.1) is 23.3 Å². The first-order chi connectivity index (χ1) is 23.4. The molecular weight excluding hydrogens is 607 g/mol. The van der Waals surface area contributed by atoms with Crippen molar-refractivity contribution in [2.45, 2.75) is 19.4 Å². The summed E-state index contributed by atoms with van der Waals surface area (Å²) in [5.41, 5.74) is 12.3. The van der Waals surface area contributed by atoms with Crippen LogP contribution in [0.15, 0.2) is 78.0 Å². The molecule has 10 nitrogen and oxygen atoms in total. The third kappa shape index (κ3) is 6.04. The van der Waals surface area contributed by atoms with Crippen LogP contribution in [0.5, 0.6) is 0 Å². The number of likely N-dealkylation sites (tertiary alicyclic amines) is 1. The van der Waals surface area contributed by atoms with E-state index in [9.17, 15) is 14.0 Å². The minimum absolute atomic E-state index is 0.0641. The number of nitrogens with zero attached hydrogens (tertiary/aromatic N) is 5. The number of nitrogens with two attached hydrogens (primary N) is 1. The van der Waals surface area contributed by atoms with Gasteiger partial charge < -0.3 is 25.8 Å². The number of rotatable bonds is 9. The smallest absolute Gasteiger partial charge is 0.272 e. The summed E-state index contributed by atoms with van der Waals surface area (Å²) in [6, 6.07) is 17.7. The number of fused-ring (bicyclic) bond motifs is 4. The predicted octanol–water partition coefficient (Wildman–Crippen LogP) is 4.88. The third-order valence-electron chi connectivity index (χ3n) is 9.41. The maximum atomic E-state index is 13.8. The highest BCUT2D eigenvalue weighted by atomic mass is 19.1. The molecule has 3 aromatic heterocycles. The summed E-state index contributed by atoms with van der Waals surface area (Å²) in [5, 5.41) is 5.11. The van der Waals surface area contributed by atoms with Crippen molar-refractivity contribution in [3.05, 3.63) is 107 Å². The molecule has 2 aliphatic heterocycles. The van der Waals surface area contributed by atoms with Gasteiger partial charge in [0.25, 0.3) is 11.8 Å². The molecule has 1 fully saturated rings. The van der Waals surface area contributed by atoms with Gasteiger partial charge >= 0.3 is 0 Å². The number of aliphatic imine (C=N–C) groups is 1. The van der Waals surface area contributed by atoms with Gasteiger partial charge in [-0.25, -0.2) is 9.37 Å². The second-order valence-electron chi connectivity index (χ2n) is 12.4. The van der Waals surface area contributed by atoms with Crippen LogP contribution in [0.4, 0.5) is 4.39 Å². The minimum Gasteiger partial charge on any atom is -0.398 e. The monoisotopic (exact) mass is 644 g/mol. The fraction of sp³-hybridized carbons (Fsp3) is 0.270. The van der Waals surface area contributed by atoms with Gasteiger partial charge in [-0.1, -0.05) is 18.2 Å². The summed E-state index contributed by atoms with van der Waals surface area (Å²) in [7, 11) is 1.65. The number of pyridine rings is 2. The molecule has 2 aliphatic rings. The molecule has 0 bridgehead atoms. The number of benzene rings is 2. The van der Waals surface area contributed by atoms with E-state index in [4.69, 9.17) is 5.73 Å². The zero-order valence-electron chi connectivity index (χ0n) is 26.7. The van der Waals surface area contributed by atoms with Crippen LogP contribution in [0.2, 0.25) is 0 Å². The second-order valence-corrected chi connectivity index (χ2v) is 12.4. The number of aromatic nitrogens is 3. The summed E-state index contributed by atoms with van der Waals surface area (Å²) < 4.78 is 13.6. The van der Waals surface area contributed by atoms with Crippen LogP contribution < -0.4 is 11.1 Å². The molecule has 1 saturated heterocycles. The van der Waals surface area contributed by atoms with Crippen molar-refractivity contribution >= 4 is 51.1 Å². The maximum Gasteiger partial charge on any atom is 0.272 e. The van der Waals surface area contributed by atoms with E-state index in [-0.39, 0.29) is 17.6 Å². The predicted molar refractivity (Wildman–Crippen MR) is 186 cm³/mol. The largest absolute Gasteiger partial charge is 0.398 e. The van der Waals surface area contributed by atoms with E-state index in [1.165, 1.54) is 12.1 Å². The van der Waals surface area contributed by atoms with Gasteiger partial charge in [-0.05, 0) is 79.9 Å². The first kappa shape index (κ1) is 31.2. The molecule has 2 aromatic carbocycles. The molecule has 0 unspecified atom stereocenters. The molecule has 5 heterocycles. The lowest BCUT2D eigenvalue weighted by Gasteiger charge is -2.33. The van der Waals surface area contributed by atoms with E-state index in [0.29, 0.717) is 59.2 Å². The van der Waals surface area contributed by atoms with E-state index >= 15 is 0 Å². The zero-order valence-corrected chi connectivity index (χ0v) is 26.7. The summed E-state index contributed by atoms with van der Waals surface area (Å²) in [6.07, 6.45) is 6.92. The Morgan fingerprint density at radius 1 is 1.06 bits per heavy atom. The average molecular weight is 645 g/mol. The quantitative estimate of drug-likeness (QED) is 0.196. The first-order valence-corrected chi connectivity index (χ1v) is 16.2. The Bertz CT molecular complexity index is 2060. The van der Waals surface area contributed by atoms with Crippen LogP contribution in [-0.2, 0) is 6.54 Å². The number of halogens is 1. The highest BCUT2D eigenvalue weighted by molar-refractivity contribution is 6.22. The van der Waals surface area contributed by atoms with Gasteiger partial charge in [-0.15, -0.1) is 0 Å². The zero-order chi connectivity index (χ0) is 33.2. The van der Waals surface area contributed by atoms with E-state index in [0.717, 1.165) is 60.0 Å². The van der Waals surface area contributed by atoms with Gasteiger partial charge in [-0.3, -0.25) is 19.6 Å². The molecule has 7 rings (SSSR count). The number of allylic oxidation sites excluding steroid dienone is 1. The highest BCUT2D eigenvalue weighted by Crippen LogP contribution is 2.32. The average Bonchev–Trinajstić information content (AvgIpc) is 3.65. The van der Waals surface area contributed by atoms with E-state index < -0.39 is 0 Å². The SMILES string of the molecule is CN=C/C(=C(\N)c1ccc(F)cc1)c1ccnc2c1C(=O)N(CC1CCN(CCNC(=O)c3nccc4c3[nH]c3ccccc34)CC1)C2. The molecule has 0 saturated carbocycles. The Labute approximate surface area is 277 Å². The van der Waals surface area contributed by atoms with E-state index in [2.05, 4.69) is 30.2 Å². The van der Waals surface area contributed by atoms with Crippen molar-refractivity contribution in [2.24, 2.45) is 16.6 Å². The number of carbonyl (C=O) groups is 2. The van der Waals surface area contributed by atoms with Crippen LogP contribution in [0, 0.1) is 11.7 Å². The Morgan fingerprint density at radius 2 is 1.83 bits per heavy atom. The second kappa shape index (κ2) is 13.4. The lowest BCUT2D eigenvalue weighted by molar-refractivity contribution is 0.0713. The van der Waals surface area contributed by atoms with Crippen LogP contribution >= 0.6 is 0 Å². The summed E-state index contributed by atoms with van der Waals surface area (Å²) in [5.74, 6) is -0.244. The van der Waals surface area contributed by atoms with Gasteiger partial charge in [0, 0.05) is 78.4 Å². The maximum absolute atomic E-state index is 13.8. The van der Waals surface area contributed by atoms with Crippen LogP contribution in [0.25, 0.3) is 33.1 Å². The van der Waals surface area contributed by atoms with Crippen molar-refractivity contribution in [1.82, 2.24) is 30.1 Å². The molecule has 4 N–H and O–H groups in total. The minimum atomic E-state index is -0.349. The van der Waals surface area contributed by atoms with Gasteiger partial charge in [0.2, 0.25) is 0 Å². The number of hydrogen-bond donors (Lipinski definition) is 3. The number of para-hydroxylation sites is 1. The van der Waals surface area contributed by atoms with Gasteiger partial charge in [0.1, 0.15) is 5.82 Å². The van der Waals surface area contributed by atoms with E-state index in [1.807, 2.05) is 35.2 Å². The summed E-state index contributed by atoms with van der Waals surface area (Å²) in [4.78, 5) is 47.6. The summed E-state index contributed by atoms with van der Waals surface area (Å²) in [6.45, 7) is 4.14. The number of nitrogens with one attached hydrogen (secondary N) is 2. The van der Waals surface area contributed by atoms with E-state index in [1.54, 1.807) is 43.9 Å². The van der Waals surface area contributed by atoms with Gasteiger partial charge in [-0.2, -0.15) is 0 Å². The Hall–Kier alpha value is -5.42. The lowest BCUT2D eigenvalue weighted by atomic mass is 9.95. The molecule has 0 aliphatic carbocycles. The van der Waals surface area contributed by atoms with Crippen molar-refractivity contribution in [3.63, 3.8) is 0 Å². The summed E-state index contributed by atoms with van der Waals surface area (Å²) >= 11 is 0. The fourth-order valence-corrected chi connectivity index (χ4v) is 6.91. The van der Waals surface area contributed by atoms with Crippen molar-refractivity contribution < 1.29 is 14.0 Å². The van der Waals surface area contributed by atoms with Crippen LogP contribution in [0.3, 0.4) is 0 Å². The number of carbonyl (C=O) groups excluding carboxylic acids is 2. The first-order valence-electron chi connectivity index (χ1n) is 16.2. The molecule has 2 amide bonds. The topological polar surface area (TPSA) is 133 Å². The molecule has 11 heteroatoms. The molecule has 0 spiro atoms.